The van der Waals surface area contributed by atoms with E-state index in [1.54, 1.807) is 0 Å². The number of rotatable bonds is 1. The van der Waals surface area contributed by atoms with Crippen molar-refractivity contribution in [2.24, 2.45) is 0 Å². The molecule has 18 heavy (non-hydrogen) atoms. The molecule has 0 amide bonds. The molecule has 2 unspecified atom stereocenters. The maximum Gasteiger partial charge on any atom is 0.129 e. The number of aromatic nitrogens is 1. The van der Waals surface area contributed by atoms with Gasteiger partial charge in [-0.05, 0) is 56.6 Å². The van der Waals surface area contributed by atoms with E-state index in [0.717, 1.165) is 16.9 Å². The number of hydrogen-bond acceptors (Lipinski definition) is 2. The van der Waals surface area contributed by atoms with Crippen molar-refractivity contribution in [3.05, 3.63) is 23.4 Å². The molecular weight excluding hydrogens is 288 g/mol. The molecule has 2 aliphatic heterocycles. The van der Waals surface area contributed by atoms with Crippen molar-refractivity contribution in [2.45, 2.75) is 61.9 Å². The molecule has 96 valence electrons. The van der Waals surface area contributed by atoms with E-state index in [1.807, 2.05) is 0 Å². The predicted molar refractivity (Wildman–Crippen MR) is 77.5 cm³/mol. The van der Waals surface area contributed by atoms with E-state index in [-0.39, 0.29) is 0 Å². The lowest BCUT2D eigenvalue weighted by molar-refractivity contribution is 0.479. The highest BCUT2D eigenvalue weighted by Crippen LogP contribution is 2.41. The molecule has 1 aromatic heterocycles. The number of fused-ring (bicyclic) bond motifs is 3. The van der Waals surface area contributed by atoms with Crippen LogP contribution < -0.4 is 4.90 Å². The van der Waals surface area contributed by atoms with Crippen molar-refractivity contribution in [3.8, 4) is 0 Å². The topological polar surface area (TPSA) is 16.1 Å². The zero-order chi connectivity index (χ0) is 12.1. The maximum atomic E-state index is 4.95. The van der Waals surface area contributed by atoms with Crippen LogP contribution >= 0.6 is 15.9 Å². The van der Waals surface area contributed by atoms with Gasteiger partial charge in [0.2, 0.25) is 0 Å². The third-order valence-electron chi connectivity index (χ3n) is 4.85. The smallest absolute Gasteiger partial charge is 0.129 e. The Morgan fingerprint density at radius 3 is 2.67 bits per heavy atom. The Balaban J connectivity index is 1.67. The minimum atomic E-state index is 0.722. The summed E-state index contributed by atoms with van der Waals surface area (Å²) in [7, 11) is 0. The second-order valence-electron chi connectivity index (χ2n) is 5.99. The number of nitrogens with zero attached hydrogens (tertiary/aromatic N) is 2. The first-order valence-corrected chi connectivity index (χ1v) is 8.14. The number of alkyl halides is 1. The molecule has 3 heteroatoms. The molecular formula is C15H19BrN2. The van der Waals surface area contributed by atoms with E-state index in [4.69, 9.17) is 4.98 Å². The molecule has 3 heterocycles. The second kappa shape index (κ2) is 4.22. The Bertz CT molecular complexity index is 460. The summed E-state index contributed by atoms with van der Waals surface area (Å²) >= 11 is 3.81. The third-order valence-corrected chi connectivity index (χ3v) is 5.60. The van der Waals surface area contributed by atoms with Crippen LogP contribution in [0.4, 0.5) is 5.82 Å². The van der Waals surface area contributed by atoms with Gasteiger partial charge >= 0.3 is 0 Å². The summed E-state index contributed by atoms with van der Waals surface area (Å²) in [4.78, 5) is 8.30. The molecule has 0 radical (unpaired) electrons. The average molecular weight is 307 g/mol. The molecule has 0 saturated carbocycles. The summed E-state index contributed by atoms with van der Waals surface area (Å²) in [5.41, 5.74) is 2.86. The van der Waals surface area contributed by atoms with Crippen LogP contribution in [0.15, 0.2) is 12.1 Å². The largest absolute Gasteiger partial charge is 0.351 e. The van der Waals surface area contributed by atoms with Crippen LogP contribution in [0, 0.1) is 0 Å². The van der Waals surface area contributed by atoms with Gasteiger partial charge in [0.25, 0.3) is 0 Å². The van der Waals surface area contributed by atoms with Crippen LogP contribution in [0.1, 0.15) is 43.4 Å². The van der Waals surface area contributed by atoms with Gasteiger partial charge < -0.3 is 4.90 Å². The zero-order valence-electron chi connectivity index (χ0n) is 10.6. The van der Waals surface area contributed by atoms with E-state index in [1.165, 1.54) is 62.0 Å². The van der Waals surface area contributed by atoms with Crippen LogP contribution in [0.5, 0.6) is 0 Å². The summed E-state index contributed by atoms with van der Waals surface area (Å²) in [5, 5.41) is 0. The fourth-order valence-electron chi connectivity index (χ4n) is 4.04. The molecule has 0 spiro atoms. The standard InChI is InChI=1S/C15H19BrN2/c16-11-8-12-5-6-13(9-11)18(12)15-7-4-10-2-1-3-14(10)17-15/h4,7,11-13H,1-3,5-6,8-9H2. The number of aryl methyl sites for hydroxylation is 2. The molecule has 0 aromatic carbocycles. The van der Waals surface area contributed by atoms with Crippen LogP contribution in [0.2, 0.25) is 0 Å². The Labute approximate surface area is 117 Å². The molecule has 3 aliphatic rings. The van der Waals surface area contributed by atoms with Crippen molar-refractivity contribution in [1.82, 2.24) is 4.98 Å². The van der Waals surface area contributed by atoms with Crippen molar-refractivity contribution in [3.63, 3.8) is 0 Å². The van der Waals surface area contributed by atoms with E-state index in [2.05, 4.69) is 33.0 Å². The average Bonchev–Trinajstić information content (AvgIpc) is 2.91. The summed E-state index contributed by atoms with van der Waals surface area (Å²) in [6.07, 6.45) is 9.00. The molecule has 2 nitrogen and oxygen atoms in total. The molecule has 1 aliphatic carbocycles. The summed E-state index contributed by atoms with van der Waals surface area (Å²) in [6, 6.07) is 6.04. The number of piperidine rings is 1. The van der Waals surface area contributed by atoms with Crippen LogP contribution in [-0.4, -0.2) is 21.9 Å². The van der Waals surface area contributed by atoms with Crippen LogP contribution in [0.25, 0.3) is 0 Å². The first-order chi connectivity index (χ1) is 8.81. The van der Waals surface area contributed by atoms with Gasteiger partial charge in [0.05, 0.1) is 0 Å². The SMILES string of the molecule is BrC1CC2CCC(C1)N2c1ccc2c(n1)CCC2. The van der Waals surface area contributed by atoms with Gasteiger partial charge in [-0.15, -0.1) is 0 Å². The lowest BCUT2D eigenvalue weighted by Gasteiger charge is -2.38. The summed E-state index contributed by atoms with van der Waals surface area (Å²) in [6.45, 7) is 0. The minimum absolute atomic E-state index is 0.722. The highest BCUT2D eigenvalue weighted by Gasteiger charge is 2.40. The maximum absolute atomic E-state index is 4.95. The van der Waals surface area contributed by atoms with Gasteiger partial charge in [0, 0.05) is 22.6 Å². The Morgan fingerprint density at radius 1 is 1.11 bits per heavy atom. The van der Waals surface area contributed by atoms with Gasteiger partial charge in [-0.25, -0.2) is 4.98 Å². The molecule has 2 atom stereocenters. The second-order valence-corrected chi connectivity index (χ2v) is 7.28. The van der Waals surface area contributed by atoms with Gasteiger partial charge in [0.1, 0.15) is 5.82 Å². The summed E-state index contributed by atoms with van der Waals surface area (Å²) < 4.78 is 0. The third kappa shape index (κ3) is 1.70. The van der Waals surface area contributed by atoms with E-state index in [0.29, 0.717) is 0 Å². The monoisotopic (exact) mass is 306 g/mol. The fraction of sp³-hybridized carbons (Fsp3) is 0.667. The number of pyridine rings is 1. The Morgan fingerprint density at radius 2 is 1.89 bits per heavy atom. The van der Waals surface area contributed by atoms with Gasteiger partial charge in [-0.2, -0.15) is 0 Å². The van der Waals surface area contributed by atoms with Crippen LogP contribution in [0.3, 0.4) is 0 Å². The normalized spacial score (nSPS) is 33.8. The lowest BCUT2D eigenvalue weighted by atomic mass is 10.0. The van der Waals surface area contributed by atoms with Crippen molar-refractivity contribution >= 4 is 21.7 Å². The molecule has 2 saturated heterocycles. The fourth-order valence-corrected chi connectivity index (χ4v) is 4.90. The van der Waals surface area contributed by atoms with Crippen LogP contribution in [-0.2, 0) is 12.8 Å². The van der Waals surface area contributed by atoms with E-state index in [9.17, 15) is 0 Å². The quantitative estimate of drug-likeness (QED) is 0.739. The van der Waals surface area contributed by atoms with E-state index >= 15 is 0 Å². The first kappa shape index (κ1) is 11.3. The summed E-state index contributed by atoms with van der Waals surface area (Å²) in [5.74, 6) is 1.25. The molecule has 4 rings (SSSR count). The predicted octanol–water partition coefficient (Wildman–Crippen LogP) is 3.47. The number of anilines is 1. The van der Waals surface area contributed by atoms with Gasteiger partial charge in [-0.1, -0.05) is 22.0 Å². The van der Waals surface area contributed by atoms with E-state index < -0.39 is 0 Å². The van der Waals surface area contributed by atoms with Gasteiger partial charge in [-0.3, -0.25) is 0 Å². The van der Waals surface area contributed by atoms with Crippen molar-refractivity contribution in [2.75, 3.05) is 4.90 Å². The lowest BCUT2D eigenvalue weighted by Crippen LogP contribution is -2.43. The highest BCUT2D eigenvalue weighted by atomic mass is 79.9. The molecule has 2 fully saturated rings. The van der Waals surface area contributed by atoms with Crippen molar-refractivity contribution in [1.29, 1.82) is 0 Å². The molecule has 0 N–H and O–H groups in total. The highest BCUT2D eigenvalue weighted by molar-refractivity contribution is 9.09. The zero-order valence-corrected chi connectivity index (χ0v) is 12.2. The Hall–Kier alpha value is -0.570. The van der Waals surface area contributed by atoms with Gasteiger partial charge in [0.15, 0.2) is 0 Å². The number of halogens is 1. The first-order valence-electron chi connectivity index (χ1n) is 7.22. The number of hydrogen-bond donors (Lipinski definition) is 0. The molecule has 1 aromatic rings. The molecule has 2 bridgehead atoms. The Kier molecular flexibility index (Phi) is 2.65. The minimum Gasteiger partial charge on any atom is -0.351 e. The van der Waals surface area contributed by atoms with Crippen molar-refractivity contribution < 1.29 is 0 Å².